The molecule has 1 aliphatic heterocycles. The van der Waals surface area contributed by atoms with E-state index in [2.05, 4.69) is 24.1 Å². The number of carbonyl (C=O) groups is 1. The first-order valence-corrected chi connectivity index (χ1v) is 7.80. The zero-order valence-electron chi connectivity index (χ0n) is 13.0. The van der Waals surface area contributed by atoms with Crippen LogP contribution in [0, 0.1) is 11.8 Å². The molecular formula is C17H26N2O2. The van der Waals surface area contributed by atoms with Gasteiger partial charge in [-0.1, -0.05) is 32.0 Å². The third-order valence-electron chi connectivity index (χ3n) is 3.75. The molecule has 2 unspecified atom stereocenters. The fraction of sp³-hybridized carbons (Fsp3) is 0.588. The second-order valence-electron chi connectivity index (χ2n) is 6.15. The number of hydrogen-bond acceptors (Lipinski definition) is 3. The molecule has 4 heteroatoms. The van der Waals surface area contributed by atoms with Gasteiger partial charge in [0.25, 0.3) is 0 Å². The van der Waals surface area contributed by atoms with Gasteiger partial charge in [0.1, 0.15) is 12.4 Å². The van der Waals surface area contributed by atoms with Gasteiger partial charge in [0.05, 0.1) is 13.1 Å². The predicted molar refractivity (Wildman–Crippen MR) is 84.3 cm³/mol. The van der Waals surface area contributed by atoms with Gasteiger partial charge in [-0.05, 0) is 30.4 Å². The summed E-state index contributed by atoms with van der Waals surface area (Å²) < 4.78 is 5.55. The van der Waals surface area contributed by atoms with Crippen LogP contribution in [-0.4, -0.2) is 43.6 Å². The third-order valence-corrected chi connectivity index (χ3v) is 3.75. The smallest absolute Gasteiger partial charge is 0.234 e. The lowest BCUT2D eigenvalue weighted by atomic mass is 9.92. The Morgan fingerprint density at radius 1 is 1.24 bits per heavy atom. The van der Waals surface area contributed by atoms with E-state index in [1.807, 2.05) is 30.3 Å². The second kappa shape index (κ2) is 8.03. The van der Waals surface area contributed by atoms with Gasteiger partial charge in [-0.25, -0.2) is 0 Å². The topological polar surface area (TPSA) is 41.6 Å². The number of benzene rings is 1. The lowest BCUT2D eigenvalue weighted by molar-refractivity contribution is -0.122. The number of nitrogens with one attached hydrogen (secondary N) is 1. The van der Waals surface area contributed by atoms with E-state index in [9.17, 15) is 4.79 Å². The summed E-state index contributed by atoms with van der Waals surface area (Å²) in [4.78, 5) is 14.2. The quantitative estimate of drug-likeness (QED) is 0.816. The van der Waals surface area contributed by atoms with Crippen molar-refractivity contribution in [1.29, 1.82) is 0 Å². The summed E-state index contributed by atoms with van der Waals surface area (Å²) in [5.41, 5.74) is 0. The second-order valence-corrected chi connectivity index (χ2v) is 6.15. The van der Waals surface area contributed by atoms with Gasteiger partial charge in [0, 0.05) is 13.1 Å². The Morgan fingerprint density at radius 3 is 2.57 bits per heavy atom. The molecule has 0 spiro atoms. The van der Waals surface area contributed by atoms with Crippen molar-refractivity contribution in [3.8, 4) is 5.75 Å². The lowest BCUT2D eigenvalue weighted by Crippen LogP contribution is -2.45. The minimum atomic E-state index is 0.0907. The minimum absolute atomic E-state index is 0.0907. The summed E-state index contributed by atoms with van der Waals surface area (Å²) in [6.45, 7) is 8.12. The van der Waals surface area contributed by atoms with Crippen LogP contribution in [0.3, 0.4) is 0 Å². The van der Waals surface area contributed by atoms with Crippen molar-refractivity contribution in [2.24, 2.45) is 11.8 Å². The van der Waals surface area contributed by atoms with Crippen molar-refractivity contribution in [1.82, 2.24) is 10.2 Å². The van der Waals surface area contributed by atoms with Crippen LogP contribution in [0.4, 0.5) is 0 Å². The molecule has 1 saturated heterocycles. The van der Waals surface area contributed by atoms with Gasteiger partial charge in [0.2, 0.25) is 5.91 Å². The Morgan fingerprint density at radius 2 is 1.90 bits per heavy atom. The maximum atomic E-state index is 11.9. The summed E-state index contributed by atoms with van der Waals surface area (Å²) in [7, 11) is 0. The van der Waals surface area contributed by atoms with Crippen LogP contribution < -0.4 is 10.1 Å². The monoisotopic (exact) mass is 290 g/mol. The Balaban J connectivity index is 1.61. The molecule has 0 radical (unpaired) electrons. The molecule has 0 saturated carbocycles. The molecule has 4 nitrogen and oxygen atoms in total. The number of piperidine rings is 1. The van der Waals surface area contributed by atoms with Crippen molar-refractivity contribution in [2.45, 2.75) is 20.3 Å². The number of nitrogens with zero attached hydrogens (tertiary/aromatic N) is 1. The molecule has 2 rings (SSSR count). The van der Waals surface area contributed by atoms with Crippen LogP contribution in [0.5, 0.6) is 5.75 Å². The predicted octanol–water partition coefficient (Wildman–Crippen LogP) is 2.16. The van der Waals surface area contributed by atoms with Gasteiger partial charge in [-0.15, -0.1) is 0 Å². The highest BCUT2D eigenvalue weighted by atomic mass is 16.5. The largest absolute Gasteiger partial charge is 0.492 e. The molecule has 1 fully saturated rings. The zero-order chi connectivity index (χ0) is 15.1. The molecule has 1 amide bonds. The minimum Gasteiger partial charge on any atom is -0.492 e. The molecule has 1 aliphatic rings. The van der Waals surface area contributed by atoms with Gasteiger partial charge < -0.3 is 10.1 Å². The van der Waals surface area contributed by atoms with Gasteiger partial charge in [0.15, 0.2) is 0 Å². The Labute approximate surface area is 127 Å². The average Bonchev–Trinajstić information content (AvgIpc) is 2.43. The van der Waals surface area contributed by atoms with E-state index < -0.39 is 0 Å². The average molecular weight is 290 g/mol. The first-order valence-electron chi connectivity index (χ1n) is 7.80. The fourth-order valence-corrected chi connectivity index (χ4v) is 3.06. The standard InChI is InChI=1S/C17H26N2O2/c1-14-10-15(2)12-19(11-14)13-17(20)18-8-9-21-16-6-4-3-5-7-16/h3-7,14-15H,8-13H2,1-2H3,(H,18,20). The number of amides is 1. The molecule has 0 aromatic heterocycles. The molecule has 2 atom stereocenters. The lowest BCUT2D eigenvalue weighted by Gasteiger charge is -2.34. The zero-order valence-corrected chi connectivity index (χ0v) is 13.0. The van der Waals surface area contributed by atoms with E-state index >= 15 is 0 Å². The van der Waals surface area contributed by atoms with Crippen LogP contribution in [0.2, 0.25) is 0 Å². The maximum Gasteiger partial charge on any atom is 0.234 e. The normalized spacial score (nSPS) is 22.8. The highest BCUT2D eigenvalue weighted by molar-refractivity contribution is 5.78. The third kappa shape index (κ3) is 5.76. The summed E-state index contributed by atoms with van der Waals surface area (Å²) >= 11 is 0. The molecule has 1 aromatic rings. The molecule has 1 N–H and O–H groups in total. The Bertz CT molecular complexity index is 426. The van der Waals surface area contributed by atoms with E-state index in [0.717, 1.165) is 18.8 Å². The molecule has 116 valence electrons. The molecule has 0 aliphatic carbocycles. The number of likely N-dealkylation sites (tertiary alicyclic amines) is 1. The summed E-state index contributed by atoms with van der Waals surface area (Å²) in [5, 5.41) is 2.92. The maximum absolute atomic E-state index is 11.9. The first-order chi connectivity index (χ1) is 10.1. The van der Waals surface area contributed by atoms with Crippen LogP contribution in [0.25, 0.3) is 0 Å². The fourth-order valence-electron chi connectivity index (χ4n) is 3.06. The van der Waals surface area contributed by atoms with E-state index in [1.165, 1.54) is 6.42 Å². The molecule has 1 aromatic carbocycles. The van der Waals surface area contributed by atoms with Crippen molar-refractivity contribution in [3.63, 3.8) is 0 Å². The number of para-hydroxylation sites is 1. The van der Waals surface area contributed by atoms with E-state index in [1.54, 1.807) is 0 Å². The Kier molecular flexibility index (Phi) is 6.05. The molecule has 1 heterocycles. The van der Waals surface area contributed by atoms with Crippen LogP contribution in [0.15, 0.2) is 30.3 Å². The Hall–Kier alpha value is -1.55. The number of carbonyl (C=O) groups excluding carboxylic acids is 1. The molecular weight excluding hydrogens is 264 g/mol. The van der Waals surface area contributed by atoms with Gasteiger partial charge >= 0.3 is 0 Å². The van der Waals surface area contributed by atoms with E-state index in [4.69, 9.17) is 4.74 Å². The summed E-state index contributed by atoms with van der Waals surface area (Å²) in [6.07, 6.45) is 1.27. The van der Waals surface area contributed by atoms with Crippen molar-refractivity contribution < 1.29 is 9.53 Å². The number of rotatable bonds is 6. The summed E-state index contributed by atoms with van der Waals surface area (Å²) in [5.74, 6) is 2.30. The first kappa shape index (κ1) is 15.8. The van der Waals surface area contributed by atoms with E-state index in [0.29, 0.717) is 31.5 Å². The van der Waals surface area contributed by atoms with Gasteiger partial charge in [-0.2, -0.15) is 0 Å². The van der Waals surface area contributed by atoms with Crippen LogP contribution >= 0.6 is 0 Å². The summed E-state index contributed by atoms with van der Waals surface area (Å²) in [6, 6.07) is 9.66. The van der Waals surface area contributed by atoms with Crippen LogP contribution in [-0.2, 0) is 4.79 Å². The SMILES string of the molecule is CC1CC(C)CN(CC(=O)NCCOc2ccccc2)C1. The van der Waals surface area contributed by atoms with E-state index in [-0.39, 0.29) is 5.91 Å². The van der Waals surface area contributed by atoms with Gasteiger partial charge in [-0.3, -0.25) is 9.69 Å². The van der Waals surface area contributed by atoms with Crippen molar-refractivity contribution in [3.05, 3.63) is 30.3 Å². The van der Waals surface area contributed by atoms with Crippen LogP contribution in [0.1, 0.15) is 20.3 Å². The highest BCUT2D eigenvalue weighted by Crippen LogP contribution is 2.20. The van der Waals surface area contributed by atoms with Crippen molar-refractivity contribution in [2.75, 3.05) is 32.8 Å². The molecule has 21 heavy (non-hydrogen) atoms. The van der Waals surface area contributed by atoms with Crippen molar-refractivity contribution >= 4 is 5.91 Å². The number of ether oxygens (including phenoxy) is 1. The molecule has 0 bridgehead atoms. The number of hydrogen-bond donors (Lipinski definition) is 1. The highest BCUT2D eigenvalue weighted by Gasteiger charge is 2.22.